The topological polar surface area (TPSA) is 35.9 Å². The summed E-state index contributed by atoms with van der Waals surface area (Å²) < 4.78 is 37.8. The van der Waals surface area contributed by atoms with E-state index in [1.54, 1.807) is 13.1 Å². The molecule has 102 valence electrons. The molecule has 0 aromatic heterocycles. The highest BCUT2D eigenvalue weighted by molar-refractivity contribution is 5.92. The van der Waals surface area contributed by atoms with Gasteiger partial charge in [-0.05, 0) is 18.2 Å². The quantitative estimate of drug-likeness (QED) is 0.774. The SMILES string of the molecule is CN(C=O)C1=NN(c2cccc(C(F)(F)F)c2)CC1. The molecule has 0 bridgehead atoms. The predicted octanol–water partition coefficient (Wildman–Crippen LogP) is 2.32. The van der Waals surface area contributed by atoms with Crippen LogP contribution in [0.2, 0.25) is 0 Å². The summed E-state index contributed by atoms with van der Waals surface area (Å²) in [5.41, 5.74) is -0.346. The number of halogens is 3. The number of carbonyl (C=O) groups is 1. The molecule has 1 aliphatic rings. The molecule has 0 radical (unpaired) electrons. The maximum absolute atomic E-state index is 12.6. The Bertz CT molecular complexity index is 513. The van der Waals surface area contributed by atoms with Crippen LogP contribution in [0.15, 0.2) is 29.4 Å². The smallest absolute Gasteiger partial charge is 0.305 e. The largest absolute Gasteiger partial charge is 0.416 e. The average Bonchev–Trinajstić information content (AvgIpc) is 2.86. The van der Waals surface area contributed by atoms with Crippen molar-refractivity contribution in [2.75, 3.05) is 18.6 Å². The van der Waals surface area contributed by atoms with E-state index in [1.165, 1.54) is 16.0 Å². The van der Waals surface area contributed by atoms with Gasteiger partial charge in [-0.1, -0.05) is 6.07 Å². The normalized spacial score (nSPS) is 15.4. The van der Waals surface area contributed by atoms with E-state index >= 15 is 0 Å². The first-order valence-electron chi connectivity index (χ1n) is 5.62. The molecule has 0 saturated heterocycles. The molecule has 1 amide bonds. The van der Waals surface area contributed by atoms with Crippen LogP contribution in [0.5, 0.6) is 0 Å². The van der Waals surface area contributed by atoms with Gasteiger partial charge in [-0.15, -0.1) is 0 Å². The van der Waals surface area contributed by atoms with Crippen LogP contribution in [0.25, 0.3) is 0 Å². The highest BCUT2D eigenvalue weighted by Gasteiger charge is 2.31. The van der Waals surface area contributed by atoms with Gasteiger partial charge in [0, 0.05) is 20.0 Å². The Labute approximate surface area is 108 Å². The third kappa shape index (κ3) is 2.86. The van der Waals surface area contributed by atoms with Gasteiger partial charge in [0.1, 0.15) is 5.84 Å². The summed E-state index contributed by atoms with van der Waals surface area (Å²) in [6.45, 7) is 0.453. The van der Waals surface area contributed by atoms with Crippen molar-refractivity contribution in [1.82, 2.24) is 4.90 Å². The fourth-order valence-electron chi connectivity index (χ4n) is 1.78. The van der Waals surface area contributed by atoms with Gasteiger partial charge in [0.15, 0.2) is 0 Å². The lowest BCUT2D eigenvalue weighted by atomic mass is 10.2. The summed E-state index contributed by atoms with van der Waals surface area (Å²) >= 11 is 0. The molecule has 1 aromatic rings. The molecule has 0 atom stereocenters. The van der Waals surface area contributed by atoms with E-state index in [-0.39, 0.29) is 0 Å². The fourth-order valence-corrected chi connectivity index (χ4v) is 1.78. The Morgan fingerprint density at radius 2 is 2.16 bits per heavy atom. The van der Waals surface area contributed by atoms with E-state index < -0.39 is 11.7 Å². The Balaban J connectivity index is 2.25. The highest BCUT2D eigenvalue weighted by atomic mass is 19.4. The van der Waals surface area contributed by atoms with E-state index in [2.05, 4.69) is 5.10 Å². The minimum Gasteiger partial charge on any atom is -0.305 e. The number of amidine groups is 1. The zero-order valence-corrected chi connectivity index (χ0v) is 10.2. The molecule has 0 aliphatic carbocycles. The Hall–Kier alpha value is -2.05. The summed E-state index contributed by atoms with van der Waals surface area (Å²) in [6, 6.07) is 4.97. The molecule has 0 N–H and O–H groups in total. The first-order chi connectivity index (χ1) is 8.91. The Kier molecular flexibility index (Phi) is 3.46. The molecule has 1 heterocycles. The van der Waals surface area contributed by atoms with Crippen molar-refractivity contribution < 1.29 is 18.0 Å². The van der Waals surface area contributed by atoms with Gasteiger partial charge < -0.3 is 4.90 Å². The van der Waals surface area contributed by atoms with Crippen LogP contribution < -0.4 is 5.01 Å². The lowest BCUT2D eigenvalue weighted by molar-refractivity contribution is -0.137. The maximum Gasteiger partial charge on any atom is 0.416 e. The lowest BCUT2D eigenvalue weighted by Gasteiger charge is -2.15. The van der Waals surface area contributed by atoms with Gasteiger partial charge in [-0.25, -0.2) is 0 Å². The second-order valence-electron chi connectivity index (χ2n) is 4.15. The van der Waals surface area contributed by atoms with E-state index in [0.717, 1.165) is 12.1 Å². The first-order valence-corrected chi connectivity index (χ1v) is 5.62. The standard InChI is InChI=1S/C12H12F3N3O/c1-17(8-19)11-5-6-18(16-11)10-4-2-3-9(7-10)12(13,14)15/h2-4,7-8H,5-6H2,1H3. The third-order valence-corrected chi connectivity index (χ3v) is 2.82. The number of carbonyl (C=O) groups excluding carboxylic acids is 1. The van der Waals surface area contributed by atoms with E-state index in [1.807, 2.05) is 0 Å². The van der Waals surface area contributed by atoms with E-state index in [4.69, 9.17) is 0 Å². The fraction of sp³-hybridized carbons (Fsp3) is 0.333. The van der Waals surface area contributed by atoms with Crippen molar-refractivity contribution in [2.24, 2.45) is 5.10 Å². The van der Waals surface area contributed by atoms with Crippen LogP contribution in [0, 0.1) is 0 Å². The maximum atomic E-state index is 12.6. The highest BCUT2D eigenvalue weighted by Crippen LogP contribution is 2.32. The van der Waals surface area contributed by atoms with Crippen LogP contribution in [-0.4, -0.2) is 30.7 Å². The molecule has 0 unspecified atom stereocenters. The molecule has 1 aromatic carbocycles. The minimum absolute atomic E-state index is 0.365. The molecule has 0 spiro atoms. The van der Waals surface area contributed by atoms with Gasteiger partial charge in [0.25, 0.3) is 0 Å². The van der Waals surface area contributed by atoms with Gasteiger partial charge in [-0.3, -0.25) is 9.80 Å². The monoisotopic (exact) mass is 271 g/mol. The predicted molar refractivity (Wildman–Crippen MR) is 64.7 cm³/mol. The number of alkyl halides is 3. The van der Waals surface area contributed by atoms with Crippen molar-refractivity contribution in [3.05, 3.63) is 29.8 Å². The summed E-state index contributed by atoms with van der Waals surface area (Å²) in [5, 5.41) is 5.59. The third-order valence-electron chi connectivity index (χ3n) is 2.82. The van der Waals surface area contributed by atoms with Gasteiger partial charge in [0.05, 0.1) is 11.3 Å². The summed E-state index contributed by atoms with van der Waals surface area (Å²) in [5.74, 6) is 0.535. The first kappa shape index (κ1) is 13.4. The van der Waals surface area contributed by atoms with E-state index in [9.17, 15) is 18.0 Å². The van der Waals surface area contributed by atoms with E-state index in [0.29, 0.717) is 30.9 Å². The van der Waals surface area contributed by atoms with Crippen molar-refractivity contribution in [3.8, 4) is 0 Å². The summed E-state index contributed by atoms with van der Waals surface area (Å²) in [6.07, 6.45) is -3.23. The number of anilines is 1. The Morgan fingerprint density at radius 3 is 2.79 bits per heavy atom. The minimum atomic E-state index is -4.37. The van der Waals surface area contributed by atoms with Crippen molar-refractivity contribution in [1.29, 1.82) is 0 Å². The van der Waals surface area contributed by atoms with Crippen LogP contribution in [0.4, 0.5) is 18.9 Å². The van der Waals surface area contributed by atoms with Crippen molar-refractivity contribution >= 4 is 17.9 Å². The zero-order valence-electron chi connectivity index (χ0n) is 10.2. The molecule has 1 aliphatic heterocycles. The van der Waals surface area contributed by atoms with Crippen LogP contribution in [0.1, 0.15) is 12.0 Å². The summed E-state index contributed by atoms with van der Waals surface area (Å²) in [7, 11) is 1.56. The number of benzene rings is 1. The van der Waals surface area contributed by atoms with Crippen molar-refractivity contribution in [2.45, 2.75) is 12.6 Å². The van der Waals surface area contributed by atoms with Gasteiger partial charge in [-0.2, -0.15) is 18.3 Å². The molecule has 0 saturated carbocycles. The molecule has 4 nitrogen and oxygen atoms in total. The number of amides is 1. The van der Waals surface area contributed by atoms with Crippen LogP contribution in [0.3, 0.4) is 0 Å². The number of hydrogen-bond acceptors (Lipinski definition) is 3. The Morgan fingerprint density at radius 1 is 1.42 bits per heavy atom. The molecule has 2 rings (SSSR count). The van der Waals surface area contributed by atoms with Crippen LogP contribution in [-0.2, 0) is 11.0 Å². The molecular formula is C12H12F3N3O. The lowest BCUT2D eigenvalue weighted by Crippen LogP contribution is -2.23. The number of hydrazone groups is 1. The van der Waals surface area contributed by atoms with Gasteiger partial charge >= 0.3 is 6.18 Å². The average molecular weight is 271 g/mol. The molecular weight excluding hydrogens is 259 g/mol. The second kappa shape index (κ2) is 4.91. The van der Waals surface area contributed by atoms with Gasteiger partial charge in [0.2, 0.25) is 6.41 Å². The zero-order chi connectivity index (χ0) is 14.0. The number of rotatable bonds is 2. The number of nitrogens with zero attached hydrogens (tertiary/aromatic N) is 3. The molecule has 7 heteroatoms. The second-order valence-corrected chi connectivity index (χ2v) is 4.15. The molecule has 19 heavy (non-hydrogen) atoms. The summed E-state index contributed by atoms with van der Waals surface area (Å²) in [4.78, 5) is 11.9. The van der Waals surface area contributed by atoms with Crippen LogP contribution >= 0.6 is 0 Å². The molecule has 0 fully saturated rings. The number of hydrogen-bond donors (Lipinski definition) is 0. The van der Waals surface area contributed by atoms with Crippen molar-refractivity contribution in [3.63, 3.8) is 0 Å².